The molecule has 1 unspecified atom stereocenters. The Morgan fingerprint density at radius 2 is 2.44 bits per heavy atom. The molecule has 2 rings (SSSR count). The molecule has 1 aliphatic rings. The number of anilines is 1. The van der Waals surface area contributed by atoms with E-state index in [2.05, 4.69) is 30.8 Å². The Bertz CT molecular complexity index is 397. The highest BCUT2D eigenvalue weighted by Crippen LogP contribution is 2.27. The van der Waals surface area contributed by atoms with Gasteiger partial charge in [-0.3, -0.25) is 4.79 Å². The largest absolute Gasteiger partial charge is 0.355 e. The minimum absolute atomic E-state index is 0.149. The first-order chi connectivity index (χ1) is 7.68. The highest BCUT2D eigenvalue weighted by Gasteiger charge is 2.24. The molecule has 0 N–H and O–H groups in total. The summed E-state index contributed by atoms with van der Waals surface area (Å²) in [6.45, 7) is 3.40. The molecule has 0 saturated carbocycles. The number of halogens is 1. The fraction of sp³-hybridized carbons (Fsp3) is 0.545. The normalized spacial score (nSPS) is 20.9. The van der Waals surface area contributed by atoms with Crippen LogP contribution >= 0.6 is 15.9 Å². The summed E-state index contributed by atoms with van der Waals surface area (Å²) in [5.41, 5.74) is 0. The predicted molar refractivity (Wildman–Crippen MR) is 65.4 cm³/mol. The highest BCUT2D eigenvalue weighted by molar-refractivity contribution is 9.10. The lowest BCUT2D eigenvalue weighted by Gasteiger charge is -2.32. The van der Waals surface area contributed by atoms with Crippen molar-refractivity contribution < 1.29 is 4.79 Å². The van der Waals surface area contributed by atoms with E-state index in [1.54, 1.807) is 13.1 Å². The van der Waals surface area contributed by atoms with Crippen molar-refractivity contribution in [1.29, 1.82) is 0 Å². The summed E-state index contributed by atoms with van der Waals surface area (Å²) in [5.74, 6) is 1.31. The molecular weight excluding hydrogens is 270 g/mol. The molecule has 0 amide bonds. The van der Waals surface area contributed by atoms with Gasteiger partial charge in [-0.15, -0.1) is 0 Å². The third-order valence-electron chi connectivity index (χ3n) is 2.94. The molecule has 86 valence electrons. The number of hydrogen-bond acceptors (Lipinski definition) is 4. The number of rotatable bonds is 2. The minimum Gasteiger partial charge on any atom is -0.355 e. The number of piperidine rings is 1. The van der Waals surface area contributed by atoms with Crippen molar-refractivity contribution in [1.82, 2.24) is 9.97 Å². The molecule has 16 heavy (non-hydrogen) atoms. The zero-order valence-corrected chi connectivity index (χ0v) is 10.8. The average Bonchev–Trinajstić information content (AvgIpc) is 2.30. The fourth-order valence-corrected chi connectivity index (χ4v) is 2.51. The lowest BCUT2D eigenvalue weighted by Crippen LogP contribution is -2.38. The van der Waals surface area contributed by atoms with Crippen LogP contribution in [0.1, 0.15) is 19.8 Å². The summed E-state index contributed by atoms with van der Waals surface area (Å²) in [7, 11) is 0. The molecule has 0 radical (unpaired) electrons. The molecule has 5 heteroatoms. The maximum Gasteiger partial charge on any atom is 0.146 e. The van der Waals surface area contributed by atoms with Crippen LogP contribution in [-0.4, -0.2) is 28.8 Å². The third kappa shape index (κ3) is 2.40. The molecule has 1 aliphatic heterocycles. The van der Waals surface area contributed by atoms with E-state index in [1.807, 2.05) is 0 Å². The smallest absolute Gasteiger partial charge is 0.146 e. The van der Waals surface area contributed by atoms with E-state index < -0.39 is 0 Å². The molecule has 1 aromatic rings. The van der Waals surface area contributed by atoms with E-state index in [9.17, 15) is 4.79 Å². The van der Waals surface area contributed by atoms with Crippen LogP contribution in [0.25, 0.3) is 0 Å². The van der Waals surface area contributed by atoms with Gasteiger partial charge in [-0.2, -0.15) is 0 Å². The van der Waals surface area contributed by atoms with Crippen LogP contribution in [0.3, 0.4) is 0 Å². The maximum absolute atomic E-state index is 11.4. The van der Waals surface area contributed by atoms with Crippen molar-refractivity contribution in [2.75, 3.05) is 18.0 Å². The summed E-state index contributed by atoms with van der Waals surface area (Å²) < 4.78 is 0.888. The number of nitrogens with zero attached hydrogens (tertiary/aromatic N) is 3. The van der Waals surface area contributed by atoms with Crippen molar-refractivity contribution in [3.63, 3.8) is 0 Å². The molecule has 4 nitrogen and oxygen atoms in total. The molecule has 1 saturated heterocycles. The van der Waals surface area contributed by atoms with Gasteiger partial charge in [0.15, 0.2) is 0 Å². The lowest BCUT2D eigenvalue weighted by atomic mass is 9.95. The first-order valence-corrected chi connectivity index (χ1v) is 6.18. The van der Waals surface area contributed by atoms with Crippen LogP contribution < -0.4 is 4.90 Å². The quantitative estimate of drug-likeness (QED) is 0.833. The highest BCUT2D eigenvalue weighted by atomic mass is 79.9. The van der Waals surface area contributed by atoms with Crippen molar-refractivity contribution in [2.45, 2.75) is 19.8 Å². The van der Waals surface area contributed by atoms with Crippen LogP contribution in [-0.2, 0) is 4.79 Å². The van der Waals surface area contributed by atoms with Gasteiger partial charge in [-0.05, 0) is 35.7 Å². The first kappa shape index (κ1) is 11.5. The lowest BCUT2D eigenvalue weighted by molar-refractivity contribution is -0.120. The molecule has 1 atom stereocenters. The van der Waals surface area contributed by atoms with E-state index in [0.29, 0.717) is 0 Å². The first-order valence-electron chi connectivity index (χ1n) is 5.39. The Morgan fingerprint density at radius 1 is 1.62 bits per heavy atom. The van der Waals surface area contributed by atoms with Crippen LogP contribution in [0, 0.1) is 5.92 Å². The Morgan fingerprint density at radius 3 is 3.12 bits per heavy atom. The van der Waals surface area contributed by atoms with Crippen molar-refractivity contribution in [3.05, 3.63) is 17.0 Å². The van der Waals surface area contributed by atoms with Crippen LogP contribution in [0.2, 0.25) is 0 Å². The molecule has 0 bridgehead atoms. The van der Waals surface area contributed by atoms with Crippen molar-refractivity contribution >= 4 is 27.5 Å². The van der Waals surface area contributed by atoms with E-state index in [-0.39, 0.29) is 11.7 Å². The van der Waals surface area contributed by atoms with Gasteiger partial charge >= 0.3 is 0 Å². The molecule has 0 aromatic carbocycles. The Hall–Kier alpha value is -0.970. The van der Waals surface area contributed by atoms with Gasteiger partial charge in [0.05, 0.1) is 4.47 Å². The molecular formula is C11H14BrN3O. The number of Topliss-reactive ketones (excluding diaryl/α,β-unsaturated/α-hetero) is 1. The van der Waals surface area contributed by atoms with Gasteiger partial charge in [0.2, 0.25) is 0 Å². The number of aromatic nitrogens is 2. The number of hydrogen-bond donors (Lipinski definition) is 0. The molecule has 0 spiro atoms. The molecule has 2 heterocycles. The van der Waals surface area contributed by atoms with Crippen LogP contribution in [0.4, 0.5) is 5.82 Å². The summed E-state index contributed by atoms with van der Waals surface area (Å²) in [5, 5.41) is 0. The summed E-state index contributed by atoms with van der Waals surface area (Å²) in [6.07, 6.45) is 5.31. The van der Waals surface area contributed by atoms with E-state index in [4.69, 9.17) is 0 Å². The summed E-state index contributed by atoms with van der Waals surface area (Å²) in [6, 6.07) is 0. The SMILES string of the molecule is CC(=O)C1CCCN(c2ncncc2Br)C1. The maximum atomic E-state index is 11.4. The number of carbonyl (C=O) groups excluding carboxylic acids is 1. The topological polar surface area (TPSA) is 46.1 Å². The second-order valence-corrected chi connectivity index (χ2v) is 4.94. The van der Waals surface area contributed by atoms with E-state index in [1.165, 1.54) is 6.33 Å². The fourth-order valence-electron chi connectivity index (χ4n) is 2.04. The van der Waals surface area contributed by atoms with Gasteiger partial charge in [0, 0.05) is 25.2 Å². The average molecular weight is 284 g/mol. The molecule has 1 aromatic heterocycles. The zero-order valence-electron chi connectivity index (χ0n) is 9.19. The standard InChI is InChI=1S/C11H14BrN3O/c1-8(16)9-3-2-4-15(6-9)11-10(12)5-13-7-14-11/h5,7,9H,2-4,6H2,1H3. The summed E-state index contributed by atoms with van der Waals surface area (Å²) >= 11 is 3.44. The zero-order chi connectivity index (χ0) is 11.5. The monoisotopic (exact) mass is 283 g/mol. The Labute approximate surface area is 103 Å². The minimum atomic E-state index is 0.149. The Balaban J connectivity index is 2.16. The predicted octanol–water partition coefficient (Wildman–Crippen LogP) is 2.04. The Kier molecular flexibility index (Phi) is 3.53. The van der Waals surface area contributed by atoms with Gasteiger partial charge in [-0.1, -0.05) is 0 Å². The number of carbonyl (C=O) groups is 1. The van der Waals surface area contributed by atoms with Gasteiger partial charge in [0.1, 0.15) is 17.9 Å². The third-order valence-corrected chi connectivity index (χ3v) is 3.50. The van der Waals surface area contributed by atoms with Gasteiger partial charge in [-0.25, -0.2) is 9.97 Å². The molecule has 1 fully saturated rings. The summed E-state index contributed by atoms with van der Waals surface area (Å²) in [4.78, 5) is 21.7. The second-order valence-electron chi connectivity index (χ2n) is 4.09. The van der Waals surface area contributed by atoms with Crippen molar-refractivity contribution in [3.8, 4) is 0 Å². The van der Waals surface area contributed by atoms with Crippen molar-refractivity contribution in [2.24, 2.45) is 5.92 Å². The van der Waals surface area contributed by atoms with Crippen LogP contribution in [0.15, 0.2) is 17.0 Å². The van der Waals surface area contributed by atoms with Crippen LogP contribution in [0.5, 0.6) is 0 Å². The van der Waals surface area contributed by atoms with E-state index >= 15 is 0 Å². The molecule has 0 aliphatic carbocycles. The van der Waals surface area contributed by atoms with Gasteiger partial charge in [0.25, 0.3) is 0 Å². The number of ketones is 1. The van der Waals surface area contributed by atoms with E-state index in [0.717, 1.165) is 36.2 Å². The van der Waals surface area contributed by atoms with Gasteiger partial charge < -0.3 is 4.90 Å². The second kappa shape index (κ2) is 4.91.